The summed E-state index contributed by atoms with van der Waals surface area (Å²) in [6.07, 6.45) is 4.21. The number of benzene rings is 2. The lowest BCUT2D eigenvalue weighted by Crippen LogP contribution is -2.22. The van der Waals surface area contributed by atoms with Crippen LogP contribution >= 0.6 is 0 Å². The number of nitrogens with one attached hydrogen (secondary N) is 2. The molecule has 1 heterocycles. The van der Waals surface area contributed by atoms with E-state index in [0.29, 0.717) is 47.7 Å². The van der Waals surface area contributed by atoms with Gasteiger partial charge in [0.1, 0.15) is 17.3 Å². The number of furan rings is 1. The average Bonchev–Trinajstić information content (AvgIpc) is 3.21. The van der Waals surface area contributed by atoms with Gasteiger partial charge in [-0.25, -0.2) is 5.43 Å². The molecular formula is C27H29N3O5. The minimum absolute atomic E-state index is 0.0841. The zero-order valence-electron chi connectivity index (χ0n) is 19.9. The van der Waals surface area contributed by atoms with Crippen LogP contribution in [-0.2, 0) is 6.42 Å². The topological polar surface area (TPSA) is 113 Å². The van der Waals surface area contributed by atoms with E-state index in [9.17, 15) is 14.7 Å². The van der Waals surface area contributed by atoms with Crippen molar-refractivity contribution in [2.45, 2.75) is 46.0 Å². The number of nitrogens with zero attached hydrogens (tertiary/aromatic N) is 1. The molecule has 8 heteroatoms. The van der Waals surface area contributed by atoms with Gasteiger partial charge in [-0.2, -0.15) is 5.10 Å². The lowest BCUT2D eigenvalue weighted by Gasteiger charge is -2.13. The van der Waals surface area contributed by atoms with Gasteiger partial charge < -0.3 is 19.6 Å². The summed E-state index contributed by atoms with van der Waals surface area (Å²) in [5.41, 5.74) is 5.73. The van der Waals surface area contributed by atoms with Crippen LogP contribution < -0.4 is 15.5 Å². The second kappa shape index (κ2) is 10.9. The number of ether oxygens (including phenoxy) is 1. The van der Waals surface area contributed by atoms with Gasteiger partial charge in [0.05, 0.1) is 12.3 Å². The maximum absolute atomic E-state index is 13.0. The minimum atomic E-state index is -0.383. The molecule has 3 aromatic rings. The molecule has 2 amide bonds. The summed E-state index contributed by atoms with van der Waals surface area (Å²) in [5.74, 6) is 1.04. The third kappa shape index (κ3) is 5.71. The third-order valence-electron chi connectivity index (χ3n) is 5.83. The average molecular weight is 476 g/mol. The molecule has 0 bridgehead atoms. The van der Waals surface area contributed by atoms with Gasteiger partial charge in [0, 0.05) is 28.8 Å². The van der Waals surface area contributed by atoms with Gasteiger partial charge in [0.25, 0.3) is 11.8 Å². The zero-order valence-corrected chi connectivity index (χ0v) is 19.9. The van der Waals surface area contributed by atoms with Crippen molar-refractivity contribution in [3.05, 3.63) is 76.7 Å². The molecule has 0 atom stereocenters. The molecule has 0 spiro atoms. The molecule has 182 valence electrons. The largest absolute Gasteiger partial charge is 0.508 e. The summed E-state index contributed by atoms with van der Waals surface area (Å²) in [6.45, 7) is 4.60. The van der Waals surface area contributed by atoms with Gasteiger partial charge in [-0.05, 0) is 74.7 Å². The molecule has 0 saturated heterocycles. The fourth-order valence-corrected chi connectivity index (χ4v) is 3.95. The molecular weight excluding hydrogens is 446 g/mol. The number of anilines is 1. The zero-order chi connectivity index (χ0) is 24.8. The maximum Gasteiger partial charge on any atom is 0.291 e. The number of rotatable bonds is 8. The number of fused-ring (bicyclic) bond motifs is 1. The van der Waals surface area contributed by atoms with E-state index in [1.165, 1.54) is 24.3 Å². The number of hydrogen-bond acceptors (Lipinski definition) is 6. The van der Waals surface area contributed by atoms with Crippen LogP contribution in [0.1, 0.15) is 70.4 Å². The van der Waals surface area contributed by atoms with E-state index in [4.69, 9.17) is 9.15 Å². The van der Waals surface area contributed by atoms with Crippen LogP contribution in [0.5, 0.6) is 11.5 Å². The van der Waals surface area contributed by atoms with Crippen LogP contribution in [0.25, 0.3) is 0 Å². The van der Waals surface area contributed by atoms with Gasteiger partial charge in [0.15, 0.2) is 5.76 Å². The molecule has 1 aliphatic rings. The van der Waals surface area contributed by atoms with E-state index < -0.39 is 0 Å². The van der Waals surface area contributed by atoms with E-state index in [-0.39, 0.29) is 23.3 Å². The number of phenolic OH excluding ortho intramolecular Hbond substituents is 1. The molecule has 2 aromatic carbocycles. The van der Waals surface area contributed by atoms with E-state index in [1.54, 1.807) is 12.1 Å². The Kier molecular flexibility index (Phi) is 7.50. The van der Waals surface area contributed by atoms with Crippen LogP contribution in [0.15, 0.2) is 58.0 Å². The molecule has 0 unspecified atom stereocenters. The molecule has 0 saturated carbocycles. The summed E-state index contributed by atoms with van der Waals surface area (Å²) < 4.78 is 11.6. The van der Waals surface area contributed by atoms with Crippen LogP contribution in [0, 0.1) is 6.92 Å². The molecule has 0 fully saturated rings. The first kappa shape index (κ1) is 24.1. The normalized spacial score (nSPS) is 13.8. The highest BCUT2D eigenvalue weighted by molar-refractivity contribution is 6.09. The van der Waals surface area contributed by atoms with E-state index in [2.05, 4.69) is 22.8 Å². The second-order valence-electron chi connectivity index (χ2n) is 8.43. The number of aromatic hydroxyl groups is 1. The van der Waals surface area contributed by atoms with Gasteiger partial charge >= 0.3 is 0 Å². The predicted octanol–water partition coefficient (Wildman–Crippen LogP) is 5.20. The predicted molar refractivity (Wildman–Crippen MR) is 133 cm³/mol. The summed E-state index contributed by atoms with van der Waals surface area (Å²) >= 11 is 0. The fourth-order valence-electron chi connectivity index (χ4n) is 3.95. The van der Waals surface area contributed by atoms with Crippen LogP contribution in [-0.4, -0.2) is 29.2 Å². The van der Waals surface area contributed by atoms with Crippen molar-refractivity contribution < 1.29 is 23.8 Å². The minimum Gasteiger partial charge on any atom is -0.508 e. The Morgan fingerprint density at radius 1 is 1.06 bits per heavy atom. The number of unbranched alkanes of at least 4 members (excludes halogenated alkanes) is 1. The Morgan fingerprint density at radius 3 is 2.51 bits per heavy atom. The Bertz CT molecular complexity index is 1230. The summed E-state index contributed by atoms with van der Waals surface area (Å²) in [6, 6.07) is 13.2. The number of carbonyl (C=O) groups excluding carboxylic acids is 2. The molecule has 35 heavy (non-hydrogen) atoms. The number of aryl methyl sites for hydroxylation is 1. The number of amides is 2. The smallest absolute Gasteiger partial charge is 0.291 e. The van der Waals surface area contributed by atoms with E-state index >= 15 is 0 Å². The standard InChI is InChI=1S/C27H29N3O5/c1-3-4-16-34-21-14-10-19(11-15-21)28-27(33)25-17(2)24-22(6-5-7-23(24)35-25)29-30-26(32)18-8-12-20(31)13-9-18/h8-15,31H,3-7,16H2,1-2H3,(H,28,33)(H,30,32)/b29-22+. The lowest BCUT2D eigenvalue weighted by molar-refractivity contribution is 0.0953. The highest BCUT2D eigenvalue weighted by Crippen LogP contribution is 2.30. The lowest BCUT2D eigenvalue weighted by atomic mass is 9.93. The molecule has 0 radical (unpaired) electrons. The summed E-state index contributed by atoms with van der Waals surface area (Å²) in [7, 11) is 0. The van der Waals surface area contributed by atoms with Crippen molar-refractivity contribution in [2.24, 2.45) is 5.10 Å². The van der Waals surface area contributed by atoms with Crippen LogP contribution in [0.4, 0.5) is 5.69 Å². The van der Waals surface area contributed by atoms with Crippen molar-refractivity contribution in [3.63, 3.8) is 0 Å². The number of hydrogen-bond donors (Lipinski definition) is 3. The number of phenols is 1. The van der Waals surface area contributed by atoms with Crippen molar-refractivity contribution in [3.8, 4) is 11.5 Å². The van der Waals surface area contributed by atoms with E-state index in [1.807, 2.05) is 19.1 Å². The fraction of sp³-hybridized carbons (Fsp3) is 0.296. The Hall–Kier alpha value is -4.07. The van der Waals surface area contributed by atoms with Gasteiger partial charge in [-0.15, -0.1) is 0 Å². The molecule has 1 aliphatic carbocycles. The van der Waals surface area contributed by atoms with Gasteiger partial charge in [-0.1, -0.05) is 13.3 Å². The van der Waals surface area contributed by atoms with Crippen molar-refractivity contribution in [1.29, 1.82) is 0 Å². The van der Waals surface area contributed by atoms with Crippen molar-refractivity contribution in [1.82, 2.24) is 5.43 Å². The van der Waals surface area contributed by atoms with Crippen LogP contribution in [0.2, 0.25) is 0 Å². The molecule has 0 aliphatic heterocycles. The van der Waals surface area contributed by atoms with Crippen LogP contribution in [0.3, 0.4) is 0 Å². The Morgan fingerprint density at radius 2 is 1.80 bits per heavy atom. The number of carbonyl (C=O) groups is 2. The quantitative estimate of drug-likeness (QED) is 0.306. The third-order valence-corrected chi connectivity index (χ3v) is 5.83. The van der Waals surface area contributed by atoms with Crippen molar-refractivity contribution in [2.75, 3.05) is 11.9 Å². The highest BCUT2D eigenvalue weighted by atomic mass is 16.5. The molecule has 3 N–H and O–H groups in total. The second-order valence-corrected chi connectivity index (χ2v) is 8.43. The van der Waals surface area contributed by atoms with E-state index in [0.717, 1.165) is 30.6 Å². The number of hydrazone groups is 1. The first-order valence-electron chi connectivity index (χ1n) is 11.8. The Labute approximate surface area is 204 Å². The van der Waals surface area contributed by atoms with Crippen molar-refractivity contribution >= 4 is 23.2 Å². The molecule has 1 aromatic heterocycles. The summed E-state index contributed by atoms with van der Waals surface area (Å²) in [4.78, 5) is 25.4. The first-order chi connectivity index (χ1) is 17.0. The Balaban J connectivity index is 1.46. The van der Waals surface area contributed by atoms with Gasteiger partial charge in [-0.3, -0.25) is 9.59 Å². The summed E-state index contributed by atoms with van der Waals surface area (Å²) in [5, 5.41) is 16.6. The maximum atomic E-state index is 13.0. The molecule has 4 rings (SSSR count). The first-order valence-corrected chi connectivity index (χ1v) is 11.8. The SMILES string of the molecule is CCCCOc1ccc(NC(=O)c2oc3c(c2C)/C(=N/NC(=O)c2ccc(O)cc2)CCC3)cc1. The highest BCUT2D eigenvalue weighted by Gasteiger charge is 2.28. The van der Waals surface area contributed by atoms with Gasteiger partial charge in [0.2, 0.25) is 0 Å². The monoisotopic (exact) mass is 475 g/mol. The molecule has 8 nitrogen and oxygen atoms in total.